The van der Waals surface area contributed by atoms with E-state index in [0.717, 1.165) is 11.1 Å². The summed E-state index contributed by atoms with van der Waals surface area (Å²) in [5.41, 5.74) is 2.28. The third kappa shape index (κ3) is 4.77. The molecule has 132 valence electrons. The van der Waals surface area contributed by atoms with Gasteiger partial charge in [-0.3, -0.25) is 4.98 Å². The molecule has 3 nitrogen and oxygen atoms in total. The highest BCUT2D eigenvalue weighted by molar-refractivity contribution is 7.80. The Labute approximate surface area is 162 Å². The van der Waals surface area contributed by atoms with Crippen molar-refractivity contribution in [2.45, 2.75) is 13.1 Å². The number of para-hydroxylation sites is 1. The van der Waals surface area contributed by atoms with Crippen LogP contribution in [0.2, 0.25) is 5.02 Å². The van der Waals surface area contributed by atoms with E-state index in [1.165, 1.54) is 6.07 Å². The summed E-state index contributed by atoms with van der Waals surface area (Å²) in [6, 6.07) is 17.9. The highest BCUT2D eigenvalue weighted by Gasteiger charge is 2.14. The van der Waals surface area contributed by atoms with E-state index in [1.54, 1.807) is 30.6 Å². The molecular formula is C20H17ClFN3S. The molecule has 0 saturated heterocycles. The van der Waals surface area contributed by atoms with Gasteiger partial charge in [-0.2, -0.15) is 0 Å². The van der Waals surface area contributed by atoms with Gasteiger partial charge in [-0.05, 0) is 47.6 Å². The van der Waals surface area contributed by atoms with Crippen molar-refractivity contribution in [3.8, 4) is 0 Å². The number of nitrogens with one attached hydrogen (secondary N) is 1. The molecule has 2 aromatic carbocycles. The Morgan fingerprint density at radius 1 is 1.04 bits per heavy atom. The fourth-order valence-corrected chi connectivity index (χ4v) is 2.94. The summed E-state index contributed by atoms with van der Waals surface area (Å²) in [5, 5.41) is 4.07. The quantitative estimate of drug-likeness (QED) is 0.605. The molecule has 1 N–H and O–H groups in total. The van der Waals surface area contributed by atoms with E-state index in [2.05, 4.69) is 10.3 Å². The normalized spacial score (nSPS) is 10.4. The van der Waals surface area contributed by atoms with Gasteiger partial charge in [0.2, 0.25) is 0 Å². The minimum Gasteiger partial charge on any atom is -0.340 e. The molecule has 0 spiro atoms. The summed E-state index contributed by atoms with van der Waals surface area (Å²) >= 11 is 11.8. The van der Waals surface area contributed by atoms with Gasteiger partial charge in [-0.25, -0.2) is 4.39 Å². The van der Waals surface area contributed by atoms with Crippen LogP contribution in [0, 0.1) is 5.82 Å². The Hall–Kier alpha value is -2.50. The predicted molar refractivity (Wildman–Crippen MR) is 108 cm³/mol. The van der Waals surface area contributed by atoms with Crippen molar-refractivity contribution in [2.75, 3.05) is 5.32 Å². The standard InChI is InChI=1S/C20H17ClFN3S/c21-17-8-2-1-7-16(17)14-25(13-15-6-5-11-23-12-15)20(26)24-19-10-4-3-9-18(19)22/h1-12H,13-14H2,(H,24,26). The zero-order chi connectivity index (χ0) is 18.4. The van der Waals surface area contributed by atoms with Crippen LogP contribution in [0.1, 0.15) is 11.1 Å². The van der Waals surface area contributed by atoms with Gasteiger partial charge in [0.05, 0.1) is 5.69 Å². The lowest BCUT2D eigenvalue weighted by molar-refractivity contribution is 0.412. The molecule has 0 aliphatic rings. The van der Waals surface area contributed by atoms with Crippen LogP contribution in [0.25, 0.3) is 0 Å². The average Bonchev–Trinajstić information content (AvgIpc) is 2.65. The molecule has 3 rings (SSSR count). The number of rotatable bonds is 5. The van der Waals surface area contributed by atoms with Crippen LogP contribution in [0.3, 0.4) is 0 Å². The third-order valence-corrected chi connectivity index (χ3v) is 4.55. The van der Waals surface area contributed by atoms with E-state index < -0.39 is 0 Å². The minimum absolute atomic E-state index is 0.341. The molecule has 0 atom stereocenters. The third-order valence-electron chi connectivity index (χ3n) is 3.82. The molecule has 6 heteroatoms. The lowest BCUT2D eigenvalue weighted by Crippen LogP contribution is -2.34. The Balaban J connectivity index is 1.83. The van der Waals surface area contributed by atoms with Crippen molar-refractivity contribution in [3.05, 3.63) is 95.0 Å². The first-order valence-corrected chi connectivity index (χ1v) is 8.85. The van der Waals surface area contributed by atoms with Crippen LogP contribution in [0.4, 0.5) is 10.1 Å². The lowest BCUT2D eigenvalue weighted by Gasteiger charge is -2.26. The van der Waals surface area contributed by atoms with Gasteiger partial charge in [0.25, 0.3) is 0 Å². The van der Waals surface area contributed by atoms with Crippen molar-refractivity contribution >= 4 is 34.6 Å². The smallest absolute Gasteiger partial charge is 0.174 e. The molecule has 0 aliphatic carbocycles. The predicted octanol–water partition coefficient (Wildman–Crippen LogP) is 5.27. The number of anilines is 1. The van der Waals surface area contributed by atoms with Gasteiger partial charge >= 0.3 is 0 Å². The van der Waals surface area contributed by atoms with Crippen molar-refractivity contribution in [1.82, 2.24) is 9.88 Å². The average molecular weight is 386 g/mol. The number of benzene rings is 2. The zero-order valence-corrected chi connectivity index (χ0v) is 15.5. The molecule has 0 amide bonds. The maximum Gasteiger partial charge on any atom is 0.174 e. The number of hydrogen-bond donors (Lipinski definition) is 1. The first-order valence-electron chi connectivity index (χ1n) is 8.06. The fourth-order valence-electron chi connectivity index (χ4n) is 2.50. The van der Waals surface area contributed by atoms with Gasteiger partial charge in [-0.1, -0.05) is 48.0 Å². The Morgan fingerprint density at radius 3 is 2.54 bits per heavy atom. The molecule has 26 heavy (non-hydrogen) atoms. The highest BCUT2D eigenvalue weighted by atomic mass is 35.5. The molecule has 3 aromatic rings. The van der Waals surface area contributed by atoms with E-state index in [4.69, 9.17) is 23.8 Å². The van der Waals surface area contributed by atoms with Crippen LogP contribution in [0.5, 0.6) is 0 Å². The molecule has 1 heterocycles. The van der Waals surface area contributed by atoms with Gasteiger partial charge in [0.15, 0.2) is 5.11 Å². The fraction of sp³-hybridized carbons (Fsp3) is 0.100. The Morgan fingerprint density at radius 2 is 1.81 bits per heavy atom. The van der Waals surface area contributed by atoms with Crippen LogP contribution in [-0.2, 0) is 13.1 Å². The van der Waals surface area contributed by atoms with E-state index in [1.807, 2.05) is 41.3 Å². The first kappa shape index (κ1) is 18.3. The van der Waals surface area contributed by atoms with E-state index in [0.29, 0.717) is 28.9 Å². The maximum absolute atomic E-state index is 14.0. The summed E-state index contributed by atoms with van der Waals surface area (Å²) in [4.78, 5) is 6.07. The molecule has 0 fully saturated rings. The van der Waals surface area contributed by atoms with Crippen molar-refractivity contribution < 1.29 is 4.39 Å². The van der Waals surface area contributed by atoms with Crippen LogP contribution in [0.15, 0.2) is 73.1 Å². The highest BCUT2D eigenvalue weighted by Crippen LogP contribution is 2.20. The van der Waals surface area contributed by atoms with E-state index in [9.17, 15) is 4.39 Å². The largest absolute Gasteiger partial charge is 0.340 e. The van der Waals surface area contributed by atoms with E-state index in [-0.39, 0.29) is 5.82 Å². The summed E-state index contributed by atoms with van der Waals surface area (Å²) < 4.78 is 14.0. The van der Waals surface area contributed by atoms with Gasteiger partial charge in [0.1, 0.15) is 5.82 Å². The van der Waals surface area contributed by atoms with Crippen LogP contribution < -0.4 is 5.32 Å². The molecule has 0 bridgehead atoms. The lowest BCUT2D eigenvalue weighted by atomic mass is 10.2. The van der Waals surface area contributed by atoms with Crippen LogP contribution in [-0.4, -0.2) is 15.0 Å². The summed E-state index contributed by atoms with van der Waals surface area (Å²) in [6.07, 6.45) is 3.50. The summed E-state index contributed by atoms with van der Waals surface area (Å²) in [7, 11) is 0. The maximum atomic E-state index is 14.0. The van der Waals surface area contributed by atoms with Gasteiger partial charge in [-0.15, -0.1) is 0 Å². The molecular weight excluding hydrogens is 369 g/mol. The molecule has 0 aliphatic heterocycles. The molecule has 0 radical (unpaired) electrons. The minimum atomic E-state index is -0.353. The number of hydrogen-bond acceptors (Lipinski definition) is 2. The summed E-state index contributed by atoms with van der Waals surface area (Å²) in [6.45, 7) is 1.02. The van der Waals surface area contributed by atoms with Crippen molar-refractivity contribution in [3.63, 3.8) is 0 Å². The molecule has 1 aromatic heterocycles. The zero-order valence-electron chi connectivity index (χ0n) is 13.9. The van der Waals surface area contributed by atoms with Gasteiger partial charge < -0.3 is 10.2 Å². The topological polar surface area (TPSA) is 28.2 Å². The van der Waals surface area contributed by atoms with E-state index >= 15 is 0 Å². The molecule has 0 saturated carbocycles. The Bertz CT molecular complexity index is 889. The number of halogens is 2. The number of thiocarbonyl (C=S) groups is 1. The van der Waals surface area contributed by atoms with Crippen molar-refractivity contribution in [1.29, 1.82) is 0 Å². The summed E-state index contributed by atoms with van der Waals surface area (Å²) in [5.74, 6) is -0.353. The molecule has 0 unspecified atom stereocenters. The Kier molecular flexibility index (Phi) is 6.15. The number of aromatic nitrogens is 1. The number of pyridine rings is 1. The second-order valence-electron chi connectivity index (χ2n) is 5.72. The van der Waals surface area contributed by atoms with Crippen molar-refractivity contribution in [2.24, 2.45) is 0 Å². The van der Waals surface area contributed by atoms with Gasteiger partial charge in [0, 0.05) is 30.5 Å². The number of nitrogens with zero attached hydrogens (tertiary/aromatic N) is 2. The second kappa shape index (κ2) is 8.74. The van der Waals surface area contributed by atoms with Crippen LogP contribution >= 0.6 is 23.8 Å². The SMILES string of the molecule is Fc1ccccc1NC(=S)N(Cc1cccnc1)Cc1ccccc1Cl. The monoisotopic (exact) mass is 385 g/mol. The second-order valence-corrected chi connectivity index (χ2v) is 6.51. The first-order chi connectivity index (χ1) is 12.6.